The van der Waals surface area contributed by atoms with E-state index in [9.17, 15) is 9.90 Å². The molecule has 0 spiro atoms. The molecule has 2 rings (SSSR count). The number of likely N-dealkylation sites (tertiary alicyclic amines) is 1. The van der Waals surface area contributed by atoms with Crippen LogP contribution in [-0.4, -0.2) is 41.7 Å². The van der Waals surface area contributed by atoms with Crippen molar-refractivity contribution in [3.63, 3.8) is 0 Å². The number of ether oxygens (including phenoxy) is 1. The maximum absolute atomic E-state index is 12.1. The van der Waals surface area contributed by atoms with Crippen molar-refractivity contribution in [2.24, 2.45) is 5.92 Å². The average molecular weight is 263 g/mol. The van der Waals surface area contributed by atoms with Gasteiger partial charge in [0.05, 0.1) is 6.10 Å². The van der Waals surface area contributed by atoms with Gasteiger partial charge in [-0.05, 0) is 25.0 Å². The molecule has 19 heavy (non-hydrogen) atoms. The molecular formula is C15H21NO3. The first-order valence-corrected chi connectivity index (χ1v) is 6.84. The third-order valence-corrected chi connectivity index (χ3v) is 3.68. The van der Waals surface area contributed by atoms with E-state index in [-0.39, 0.29) is 24.5 Å². The van der Waals surface area contributed by atoms with Crippen LogP contribution in [0.1, 0.15) is 19.8 Å². The molecule has 1 amide bonds. The number of carbonyl (C=O) groups excluding carboxylic acids is 1. The normalized spacial score (nSPS) is 23.2. The Bertz CT molecular complexity index is 407. The summed E-state index contributed by atoms with van der Waals surface area (Å²) in [5, 5.41) is 9.81. The largest absolute Gasteiger partial charge is 0.484 e. The van der Waals surface area contributed by atoms with E-state index in [1.807, 2.05) is 37.3 Å². The van der Waals surface area contributed by atoms with Crippen molar-refractivity contribution in [3.8, 4) is 5.75 Å². The second kappa shape index (κ2) is 6.57. The molecule has 2 unspecified atom stereocenters. The summed E-state index contributed by atoms with van der Waals surface area (Å²) < 4.78 is 5.46. The summed E-state index contributed by atoms with van der Waals surface area (Å²) in [5.74, 6) is 0.892. The monoisotopic (exact) mass is 263 g/mol. The lowest BCUT2D eigenvalue weighted by Gasteiger charge is -2.35. The van der Waals surface area contributed by atoms with E-state index in [1.165, 1.54) is 0 Å². The third-order valence-electron chi connectivity index (χ3n) is 3.68. The SMILES string of the molecule is CCC1CN(C(=O)COc2ccccc2)CCC1O. The lowest BCUT2D eigenvalue weighted by molar-refractivity contribution is -0.137. The summed E-state index contributed by atoms with van der Waals surface area (Å²) in [6.07, 6.45) is 1.28. The van der Waals surface area contributed by atoms with Gasteiger partial charge in [0.1, 0.15) is 5.75 Å². The highest BCUT2D eigenvalue weighted by Gasteiger charge is 2.28. The van der Waals surface area contributed by atoms with Crippen molar-refractivity contribution >= 4 is 5.91 Å². The Morgan fingerprint density at radius 2 is 2.16 bits per heavy atom. The Morgan fingerprint density at radius 3 is 2.84 bits per heavy atom. The summed E-state index contributed by atoms with van der Waals surface area (Å²) in [6.45, 7) is 3.36. The Kier molecular flexibility index (Phi) is 4.80. The maximum Gasteiger partial charge on any atom is 0.260 e. The highest BCUT2D eigenvalue weighted by molar-refractivity contribution is 5.77. The van der Waals surface area contributed by atoms with Crippen LogP contribution in [0, 0.1) is 5.92 Å². The average Bonchev–Trinajstić information content (AvgIpc) is 2.46. The van der Waals surface area contributed by atoms with Crippen molar-refractivity contribution < 1.29 is 14.6 Å². The summed E-state index contributed by atoms with van der Waals surface area (Å²) in [7, 11) is 0. The van der Waals surface area contributed by atoms with Gasteiger partial charge in [0.25, 0.3) is 5.91 Å². The van der Waals surface area contributed by atoms with E-state index < -0.39 is 0 Å². The first kappa shape index (κ1) is 13.9. The van der Waals surface area contributed by atoms with E-state index >= 15 is 0 Å². The topological polar surface area (TPSA) is 49.8 Å². The molecule has 0 radical (unpaired) electrons. The van der Waals surface area contributed by atoms with Crippen LogP contribution >= 0.6 is 0 Å². The molecule has 1 aromatic carbocycles. The van der Waals surface area contributed by atoms with E-state index in [1.54, 1.807) is 4.90 Å². The number of hydrogen-bond donors (Lipinski definition) is 1. The van der Waals surface area contributed by atoms with Gasteiger partial charge < -0.3 is 14.7 Å². The lowest BCUT2D eigenvalue weighted by Crippen LogP contribution is -2.47. The van der Waals surface area contributed by atoms with Crippen molar-refractivity contribution in [2.45, 2.75) is 25.9 Å². The minimum Gasteiger partial charge on any atom is -0.484 e. The Hall–Kier alpha value is -1.55. The number of carbonyl (C=O) groups is 1. The van der Waals surface area contributed by atoms with E-state index in [2.05, 4.69) is 0 Å². The molecule has 104 valence electrons. The Morgan fingerprint density at radius 1 is 1.42 bits per heavy atom. The molecular weight excluding hydrogens is 242 g/mol. The van der Waals surface area contributed by atoms with Crippen LogP contribution in [0.25, 0.3) is 0 Å². The second-order valence-electron chi connectivity index (χ2n) is 4.97. The van der Waals surface area contributed by atoms with Crippen LogP contribution in [0.4, 0.5) is 0 Å². The van der Waals surface area contributed by atoms with Gasteiger partial charge in [-0.2, -0.15) is 0 Å². The molecule has 1 heterocycles. The highest BCUT2D eigenvalue weighted by atomic mass is 16.5. The summed E-state index contributed by atoms with van der Waals surface area (Å²) in [5.41, 5.74) is 0. The number of piperidine rings is 1. The van der Waals surface area contributed by atoms with Crippen molar-refractivity contribution in [1.29, 1.82) is 0 Å². The van der Waals surface area contributed by atoms with Gasteiger partial charge in [-0.25, -0.2) is 0 Å². The molecule has 1 aliphatic heterocycles. The van der Waals surface area contributed by atoms with Gasteiger partial charge in [-0.3, -0.25) is 4.79 Å². The van der Waals surface area contributed by atoms with Crippen molar-refractivity contribution in [3.05, 3.63) is 30.3 Å². The Labute approximate surface area is 114 Å². The smallest absolute Gasteiger partial charge is 0.260 e. The number of benzene rings is 1. The predicted molar refractivity (Wildman–Crippen MR) is 72.9 cm³/mol. The minimum atomic E-state index is -0.274. The summed E-state index contributed by atoms with van der Waals surface area (Å²) in [6, 6.07) is 9.34. The molecule has 4 nitrogen and oxygen atoms in total. The zero-order valence-corrected chi connectivity index (χ0v) is 11.3. The molecule has 2 atom stereocenters. The molecule has 1 saturated heterocycles. The zero-order valence-electron chi connectivity index (χ0n) is 11.3. The third kappa shape index (κ3) is 3.70. The van der Waals surface area contributed by atoms with Crippen LogP contribution in [0.15, 0.2) is 30.3 Å². The maximum atomic E-state index is 12.1. The fourth-order valence-electron chi connectivity index (χ4n) is 2.40. The number of amides is 1. The van der Waals surface area contributed by atoms with E-state index in [4.69, 9.17) is 4.74 Å². The fraction of sp³-hybridized carbons (Fsp3) is 0.533. The molecule has 0 aliphatic carbocycles. The first-order valence-electron chi connectivity index (χ1n) is 6.84. The number of rotatable bonds is 4. The summed E-state index contributed by atoms with van der Waals surface area (Å²) in [4.78, 5) is 13.9. The molecule has 1 N–H and O–H groups in total. The van der Waals surface area contributed by atoms with Gasteiger partial charge in [-0.15, -0.1) is 0 Å². The van der Waals surface area contributed by atoms with Crippen molar-refractivity contribution in [2.75, 3.05) is 19.7 Å². The number of aliphatic hydroxyl groups excluding tert-OH is 1. The molecule has 0 aromatic heterocycles. The molecule has 0 bridgehead atoms. The molecule has 0 saturated carbocycles. The quantitative estimate of drug-likeness (QED) is 0.899. The molecule has 1 aromatic rings. The van der Waals surface area contributed by atoms with Crippen LogP contribution in [0.5, 0.6) is 5.75 Å². The minimum absolute atomic E-state index is 0.00537. The lowest BCUT2D eigenvalue weighted by atomic mass is 9.92. The number of nitrogens with zero attached hydrogens (tertiary/aromatic N) is 1. The fourth-order valence-corrected chi connectivity index (χ4v) is 2.40. The first-order chi connectivity index (χ1) is 9.20. The molecule has 1 aliphatic rings. The molecule has 1 fully saturated rings. The van der Waals surface area contributed by atoms with E-state index in [0.29, 0.717) is 25.3 Å². The second-order valence-corrected chi connectivity index (χ2v) is 4.97. The Balaban J connectivity index is 1.83. The predicted octanol–water partition coefficient (Wildman–Crippen LogP) is 1.68. The number of para-hydroxylation sites is 1. The van der Waals surface area contributed by atoms with Crippen molar-refractivity contribution in [1.82, 2.24) is 4.90 Å². The van der Waals surface area contributed by atoms with Gasteiger partial charge >= 0.3 is 0 Å². The van der Waals surface area contributed by atoms with Gasteiger partial charge in [0, 0.05) is 19.0 Å². The van der Waals surface area contributed by atoms with Gasteiger partial charge in [0.15, 0.2) is 6.61 Å². The van der Waals surface area contributed by atoms with E-state index in [0.717, 1.165) is 6.42 Å². The zero-order chi connectivity index (χ0) is 13.7. The van der Waals surface area contributed by atoms with Crippen LogP contribution in [-0.2, 0) is 4.79 Å². The molecule has 4 heteroatoms. The van der Waals surface area contributed by atoms with Crippen LogP contribution in [0.2, 0.25) is 0 Å². The highest BCUT2D eigenvalue weighted by Crippen LogP contribution is 2.20. The standard InChI is InChI=1S/C15H21NO3/c1-2-12-10-16(9-8-14(12)17)15(18)11-19-13-6-4-3-5-7-13/h3-7,12,14,17H,2,8-11H2,1H3. The number of aliphatic hydroxyl groups is 1. The van der Waals surface area contributed by atoms with Gasteiger partial charge in [-0.1, -0.05) is 25.1 Å². The van der Waals surface area contributed by atoms with Crippen LogP contribution in [0.3, 0.4) is 0 Å². The number of hydrogen-bond acceptors (Lipinski definition) is 3. The van der Waals surface area contributed by atoms with Crippen LogP contribution < -0.4 is 4.74 Å². The summed E-state index contributed by atoms with van der Waals surface area (Å²) >= 11 is 0. The van der Waals surface area contributed by atoms with Gasteiger partial charge in [0.2, 0.25) is 0 Å².